The number of rotatable bonds is 5. The molecule has 6 atom stereocenters. The summed E-state index contributed by atoms with van der Waals surface area (Å²) in [5.41, 5.74) is -0.358. The average molecular weight is 605 g/mol. The Morgan fingerprint density at radius 1 is 1.24 bits per heavy atom. The van der Waals surface area contributed by atoms with E-state index in [2.05, 4.69) is 4.90 Å². The van der Waals surface area contributed by atoms with Crippen molar-refractivity contribution in [3.8, 4) is 11.5 Å². The van der Waals surface area contributed by atoms with Gasteiger partial charge in [0.05, 0.1) is 22.6 Å². The molecule has 2 saturated carbocycles. The van der Waals surface area contributed by atoms with Crippen molar-refractivity contribution in [3.05, 3.63) is 64.7 Å². The van der Waals surface area contributed by atoms with Gasteiger partial charge in [0, 0.05) is 31.3 Å². The molecule has 1 amide bonds. The van der Waals surface area contributed by atoms with Crippen molar-refractivity contribution in [1.29, 1.82) is 0 Å². The molecule has 5 aliphatic rings. The Kier molecular flexibility index (Phi) is 6.91. The highest BCUT2D eigenvalue weighted by molar-refractivity contribution is 5.92. The van der Waals surface area contributed by atoms with Gasteiger partial charge in [0.15, 0.2) is 11.5 Å². The van der Waals surface area contributed by atoms with Gasteiger partial charge in [-0.3, -0.25) is 9.69 Å². The fourth-order valence-electron chi connectivity index (χ4n) is 8.56. The molecular weight excluding hydrogens is 569 g/mol. The zero-order valence-corrected chi connectivity index (χ0v) is 24.4. The van der Waals surface area contributed by atoms with Crippen LogP contribution in [-0.2, 0) is 22.8 Å². The molecule has 1 saturated heterocycles. The number of carbonyl (C=O) groups is 1. The summed E-state index contributed by atoms with van der Waals surface area (Å²) in [5, 5.41) is 23.6. The van der Waals surface area contributed by atoms with Crippen LogP contribution in [0.5, 0.6) is 11.5 Å². The van der Waals surface area contributed by atoms with Crippen LogP contribution in [0.1, 0.15) is 54.9 Å². The van der Waals surface area contributed by atoms with Crippen molar-refractivity contribution < 1.29 is 32.9 Å². The Balaban J connectivity index is 0.00000316. The van der Waals surface area contributed by atoms with Crippen molar-refractivity contribution in [1.82, 2.24) is 9.80 Å². The van der Waals surface area contributed by atoms with Crippen LogP contribution >= 0.6 is 12.4 Å². The number of hydrogen-bond acceptors (Lipinski definition) is 5. The summed E-state index contributed by atoms with van der Waals surface area (Å²) in [6.07, 6.45) is 1.95. The standard InChI is InChI=1S/C32H35F3N2O4.ClH/c1-18-16-31(40)24-15-21-9-10-23(38)28-26(21)30(31,12-13-37(24)17-20-6-7-20)29(41-28)27(18)36(2)25(39)11-8-19-4-3-5-22(14-19)32(33,34)35;/h3-5,8-11,14,18,20,24,27,29,38,40H,6-7,12-13,15-17H2,1-2H3;1H/t18-,24-,27-,29+,30+,31-;/m1./s1. The van der Waals surface area contributed by atoms with E-state index in [-0.39, 0.29) is 41.6 Å². The van der Waals surface area contributed by atoms with Crippen LogP contribution in [0.3, 0.4) is 0 Å². The molecule has 2 N–H and O–H groups in total. The third-order valence-corrected chi connectivity index (χ3v) is 10.5. The Hall–Kier alpha value is -2.75. The lowest BCUT2D eigenvalue weighted by Gasteiger charge is -2.66. The molecule has 2 bridgehead atoms. The average Bonchev–Trinajstić information content (AvgIpc) is 3.67. The molecule has 3 aliphatic carbocycles. The number of amides is 1. The van der Waals surface area contributed by atoms with Gasteiger partial charge in [-0.2, -0.15) is 13.2 Å². The number of phenolic OH excluding ortho intramolecular Hbond substituents is 1. The lowest BCUT2D eigenvalue weighted by molar-refractivity contribution is -0.212. The van der Waals surface area contributed by atoms with Crippen molar-refractivity contribution >= 4 is 24.4 Å². The minimum absolute atomic E-state index is 0. The van der Waals surface area contributed by atoms with Crippen LogP contribution in [0.25, 0.3) is 6.08 Å². The smallest absolute Gasteiger partial charge is 0.416 e. The molecule has 2 aromatic rings. The first-order valence-corrected chi connectivity index (χ1v) is 14.5. The molecule has 0 aromatic heterocycles. The quantitative estimate of drug-likeness (QED) is 0.460. The number of ether oxygens (including phenoxy) is 1. The SMILES string of the molecule is C[C@@H]1C[C@@]2(O)[C@H]3Cc4ccc(O)c5c4[C@@]2(CCN3CC2CC2)[C@@H](O5)[C@@H]1N(C)C(=O)C=Cc1cccc(C(F)(F)F)c1.Cl. The maximum Gasteiger partial charge on any atom is 0.416 e. The van der Waals surface area contributed by atoms with E-state index in [4.69, 9.17) is 4.74 Å². The number of carbonyl (C=O) groups excluding carboxylic acids is 1. The summed E-state index contributed by atoms with van der Waals surface area (Å²) in [7, 11) is 1.69. The Bertz CT molecular complexity index is 1450. The molecule has 10 heteroatoms. The summed E-state index contributed by atoms with van der Waals surface area (Å²) in [5.74, 6) is 0.651. The lowest BCUT2D eigenvalue weighted by Crippen LogP contribution is -2.79. The van der Waals surface area contributed by atoms with E-state index in [1.165, 1.54) is 37.1 Å². The van der Waals surface area contributed by atoms with E-state index in [1.807, 2.05) is 13.0 Å². The fraction of sp³-hybridized carbons (Fsp3) is 0.531. The number of benzene rings is 2. The topological polar surface area (TPSA) is 73.2 Å². The molecule has 6 nitrogen and oxygen atoms in total. The van der Waals surface area contributed by atoms with Crippen LogP contribution in [0, 0.1) is 11.8 Å². The second kappa shape index (κ2) is 9.89. The number of likely N-dealkylation sites (tertiary alicyclic amines) is 1. The van der Waals surface area contributed by atoms with Gasteiger partial charge in [-0.25, -0.2) is 0 Å². The molecule has 1 spiro atoms. The third-order valence-electron chi connectivity index (χ3n) is 10.5. The van der Waals surface area contributed by atoms with Crippen molar-refractivity contribution in [2.45, 2.75) is 74.4 Å². The van der Waals surface area contributed by atoms with Gasteiger partial charge in [-0.1, -0.05) is 25.1 Å². The van der Waals surface area contributed by atoms with Gasteiger partial charge in [-0.15, -0.1) is 12.4 Å². The van der Waals surface area contributed by atoms with Crippen LogP contribution in [0.15, 0.2) is 42.5 Å². The number of likely N-dealkylation sites (N-methyl/N-ethyl adjacent to an activating group) is 1. The van der Waals surface area contributed by atoms with Gasteiger partial charge >= 0.3 is 6.18 Å². The van der Waals surface area contributed by atoms with Crippen LogP contribution in [-0.4, -0.2) is 69.8 Å². The summed E-state index contributed by atoms with van der Waals surface area (Å²) in [6, 6.07) is 8.00. The maximum atomic E-state index is 13.5. The molecular formula is C32H36ClF3N2O4. The van der Waals surface area contributed by atoms with Gasteiger partial charge in [-0.05, 0) is 85.9 Å². The maximum absolute atomic E-state index is 13.5. The predicted molar refractivity (Wildman–Crippen MR) is 154 cm³/mol. The highest BCUT2D eigenvalue weighted by Crippen LogP contribution is 2.66. The number of aromatic hydroxyl groups is 1. The second-order valence-electron chi connectivity index (χ2n) is 12.9. The van der Waals surface area contributed by atoms with Crippen molar-refractivity contribution in [3.63, 3.8) is 0 Å². The van der Waals surface area contributed by atoms with Gasteiger partial charge in [0.25, 0.3) is 0 Å². The minimum Gasteiger partial charge on any atom is -0.504 e. The lowest BCUT2D eigenvalue weighted by atomic mass is 9.46. The first-order chi connectivity index (χ1) is 19.4. The number of hydrogen-bond donors (Lipinski definition) is 2. The summed E-state index contributed by atoms with van der Waals surface area (Å²) >= 11 is 0. The van der Waals surface area contributed by atoms with E-state index in [0.717, 1.165) is 36.3 Å². The monoisotopic (exact) mass is 604 g/mol. The molecule has 0 radical (unpaired) electrons. The first kappa shape index (κ1) is 29.3. The number of phenols is 1. The molecule has 2 aromatic carbocycles. The minimum atomic E-state index is -4.47. The Labute approximate surface area is 249 Å². The predicted octanol–water partition coefficient (Wildman–Crippen LogP) is 5.18. The second-order valence-corrected chi connectivity index (χ2v) is 12.9. The largest absolute Gasteiger partial charge is 0.504 e. The fourth-order valence-corrected chi connectivity index (χ4v) is 8.56. The summed E-state index contributed by atoms with van der Waals surface area (Å²) in [6.45, 7) is 3.82. The first-order valence-electron chi connectivity index (χ1n) is 14.5. The van der Waals surface area contributed by atoms with E-state index < -0.39 is 34.9 Å². The summed E-state index contributed by atoms with van der Waals surface area (Å²) < 4.78 is 46.1. The van der Waals surface area contributed by atoms with Crippen LogP contribution < -0.4 is 4.74 Å². The Morgan fingerprint density at radius 3 is 2.71 bits per heavy atom. The zero-order chi connectivity index (χ0) is 28.9. The molecule has 226 valence electrons. The van der Waals surface area contributed by atoms with Gasteiger partial charge < -0.3 is 19.8 Å². The van der Waals surface area contributed by atoms with E-state index in [1.54, 1.807) is 18.0 Å². The Morgan fingerprint density at radius 2 is 2.00 bits per heavy atom. The van der Waals surface area contributed by atoms with Gasteiger partial charge in [0.2, 0.25) is 5.91 Å². The summed E-state index contributed by atoms with van der Waals surface area (Å²) in [4.78, 5) is 17.6. The van der Waals surface area contributed by atoms with Gasteiger partial charge in [0.1, 0.15) is 6.10 Å². The molecule has 7 rings (SSSR count). The highest BCUT2D eigenvalue weighted by Gasteiger charge is 2.74. The van der Waals surface area contributed by atoms with E-state index in [9.17, 15) is 28.2 Å². The number of alkyl halides is 3. The number of aliphatic hydroxyl groups is 1. The molecule has 2 heterocycles. The van der Waals surface area contributed by atoms with Crippen molar-refractivity contribution in [2.24, 2.45) is 11.8 Å². The van der Waals surface area contributed by atoms with Crippen LogP contribution in [0.4, 0.5) is 13.2 Å². The third kappa shape index (κ3) is 4.18. The number of piperidine rings is 1. The molecule has 2 aliphatic heterocycles. The molecule has 0 unspecified atom stereocenters. The molecule has 3 fully saturated rings. The zero-order valence-electron chi connectivity index (χ0n) is 23.6. The van der Waals surface area contributed by atoms with E-state index in [0.29, 0.717) is 30.9 Å². The highest BCUT2D eigenvalue weighted by atomic mass is 35.5. The van der Waals surface area contributed by atoms with Crippen molar-refractivity contribution in [2.75, 3.05) is 20.1 Å². The molecule has 42 heavy (non-hydrogen) atoms. The van der Waals surface area contributed by atoms with Crippen LogP contribution in [0.2, 0.25) is 0 Å². The van der Waals surface area contributed by atoms with E-state index >= 15 is 0 Å². The number of nitrogens with zero attached hydrogens (tertiary/aromatic N) is 2. The number of halogens is 4. The normalized spacial score (nSPS) is 33.1.